The summed E-state index contributed by atoms with van der Waals surface area (Å²) in [5, 5.41) is 3.55. The van der Waals surface area contributed by atoms with Crippen LogP contribution in [0.2, 0.25) is 0 Å². The molecule has 1 atom stereocenters. The molecule has 3 rings (SSSR count). The van der Waals surface area contributed by atoms with Gasteiger partial charge in [0, 0.05) is 49.3 Å². The van der Waals surface area contributed by atoms with Crippen LogP contribution < -0.4 is 16.0 Å². The van der Waals surface area contributed by atoms with E-state index in [1.54, 1.807) is 6.20 Å². The van der Waals surface area contributed by atoms with Crippen LogP contribution in [-0.4, -0.2) is 40.0 Å². The summed E-state index contributed by atoms with van der Waals surface area (Å²) in [6.45, 7) is 6.38. The summed E-state index contributed by atoms with van der Waals surface area (Å²) in [7, 11) is 0. The minimum Gasteiger partial charge on any atom is -0.363 e. The van der Waals surface area contributed by atoms with Gasteiger partial charge >= 0.3 is 0 Å². The monoisotopic (exact) mass is 326 g/mol. The van der Waals surface area contributed by atoms with E-state index >= 15 is 0 Å². The number of carbonyl (C=O) groups is 1. The lowest BCUT2D eigenvalue weighted by molar-refractivity contribution is 0.0990. The Morgan fingerprint density at radius 1 is 1.42 bits per heavy atom. The second-order valence-corrected chi connectivity index (χ2v) is 6.12. The minimum absolute atomic E-state index is 0.0832. The number of carbonyl (C=O) groups excluding carboxylic acids is 1. The summed E-state index contributed by atoms with van der Waals surface area (Å²) in [6.07, 6.45) is 4.67. The van der Waals surface area contributed by atoms with Gasteiger partial charge in [-0.05, 0) is 31.9 Å². The van der Waals surface area contributed by atoms with Crippen LogP contribution in [0.4, 0.5) is 5.82 Å². The summed E-state index contributed by atoms with van der Waals surface area (Å²) in [5.41, 5.74) is 8.29. The smallest absolute Gasteiger partial charge is 0.286 e. The van der Waals surface area contributed by atoms with Crippen LogP contribution in [0.15, 0.2) is 24.5 Å². The molecule has 1 aliphatic heterocycles. The largest absolute Gasteiger partial charge is 0.363 e. The van der Waals surface area contributed by atoms with Crippen LogP contribution in [-0.2, 0) is 6.54 Å². The highest BCUT2D eigenvalue weighted by Gasteiger charge is 2.26. The van der Waals surface area contributed by atoms with Crippen molar-refractivity contribution in [2.75, 3.05) is 18.0 Å². The van der Waals surface area contributed by atoms with E-state index in [-0.39, 0.29) is 5.82 Å². The summed E-state index contributed by atoms with van der Waals surface area (Å²) >= 11 is 0. The Labute approximate surface area is 141 Å². The van der Waals surface area contributed by atoms with Crippen molar-refractivity contribution in [2.24, 2.45) is 5.73 Å². The first-order valence-corrected chi connectivity index (χ1v) is 8.07. The number of aromatic nitrogens is 3. The molecule has 1 fully saturated rings. The zero-order chi connectivity index (χ0) is 17.1. The summed E-state index contributed by atoms with van der Waals surface area (Å²) < 4.78 is 0. The maximum absolute atomic E-state index is 11.4. The van der Waals surface area contributed by atoms with Crippen molar-refractivity contribution in [2.45, 2.75) is 32.9 Å². The number of primary amides is 1. The molecule has 0 unspecified atom stereocenters. The molecule has 3 N–H and O–H groups in total. The number of hydrogen-bond donors (Lipinski definition) is 2. The fourth-order valence-corrected chi connectivity index (χ4v) is 2.92. The van der Waals surface area contributed by atoms with E-state index in [4.69, 9.17) is 5.73 Å². The maximum Gasteiger partial charge on any atom is 0.286 e. The Morgan fingerprint density at radius 3 is 2.96 bits per heavy atom. The number of hydrogen-bond acceptors (Lipinski definition) is 6. The Hall–Kier alpha value is -2.54. The van der Waals surface area contributed by atoms with E-state index < -0.39 is 5.91 Å². The van der Waals surface area contributed by atoms with Crippen LogP contribution in [0.5, 0.6) is 0 Å². The quantitative estimate of drug-likeness (QED) is 0.849. The highest BCUT2D eigenvalue weighted by atomic mass is 16.1. The molecule has 7 heteroatoms. The second kappa shape index (κ2) is 6.92. The fourth-order valence-electron chi connectivity index (χ4n) is 2.92. The van der Waals surface area contributed by atoms with Crippen molar-refractivity contribution in [3.8, 4) is 0 Å². The SMILES string of the molecule is Cc1nc(C(N)=O)nc(N2CC[C@@H](NCc3cccnc3)C2)c1C. The summed E-state index contributed by atoms with van der Waals surface area (Å²) in [6, 6.07) is 4.37. The number of rotatable bonds is 5. The Kier molecular flexibility index (Phi) is 4.71. The van der Waals surface area contributed by atoms with Gasteiger partial charge in [0.25, 0.3) is 5.91 Å². The molecule has 1 saturated heterocycles. The molecular weight excluding hydrogens is 304 g/mol. The van der Waals surface area contributed by atoms with E-state index in [0.29, 0.717) is 6.04 Å². The molecule has 0 spiro atoms. The molecule has 1 aliphatic rings. The van der Waals surface area contributed by atoms with Gasteiger partial charge in [0.2, 0.25) is 5.82 Å². The molecular formula is C17H22N6O. The maximum atomic E-state index is 11.4. The topological polar surface area (TPSA) is 97.0 Å². The predicted molar refractivity (Wildman–Crippen MR) is 91.7 cm³/mol. The van der Waals surface area contributed by atoms with Gasteiger partial charge in [-0.1, -0.05) is 6.07 Å². The number of nitrogens with two attached hydrogens (primary N) is 1. The number of aryl methyl sites for hydroxylation is 1. The summed E-state index contributed by atoms with van der Waals surface area (Å²) in [4.78, 5) is 26.3. The molecule has 0 saturated carbocycles. The molecule has 2 aromatic heterocycles. The number of amides is 1. The number of anilines is 1. The normalized spacial score (nSPS) is 17.2. The molecule has 0 radical (unpaired) electrons. The van der Waals surface area contributed by atoms with Crippen LogP contribution in [0, 0.1) is 13.8 Å². The van der Waals surface area contributed by atoms with Gasteiger partial charge in [-0.2, -0.15) is 0 Å². The number of pyridine rings is 1. The van der Waals surface area contributed by atoms with Crippen LogP contribution in [0.1, 0.15) is 33.9 Å². The zero-order valence-corrected chi connectivity index (χ0v) is 14.0. The number of nitrogens with one attached hydrogen (secondary N) is 1. The molecule has 24 heavy (non-hydrogen) atoms. The van der Waals surface area contributed by atoms with E-state index in [1.165, 1.54) is 5.56 Å². The third-order valence-corrected chi connectivity index (χ3v) is 4.39. The van der Waals surface area contributed by atoms with Crippen molar-refractivity contribution in [3.05, 3.63) is 47.2 Å². The first-order chi connectivity index (χ1) is 11.5. The van der Waals surface area contributed by atoms with E-state index in [1.807, 2.05) is 26.1 Å². The van der Waals surface area contributed by atoms with E-state index in [0.717, 1.165) is 43.1 Å². The highest BCUT2D eigenvalue weighted by molar-refractivity contribution is 5.89. The van der Waals surface area contributed by atoms with Gasteiger partial charge in [0.05, 0.1) is 0 Å². The zero-order valence-electron chi connectivity index (χ0n) is 14.0. The van der Waals surface area contributed by atoms with Crippen molar-refractivity contribution in [1.82, 2.24) is 20.3 Å². The van der Waals surface area contributed by atoms with Crippen molar-refractivity contribution >= 4 is 11.7 Å². The van der Waals surface area contributed by atoms with Gasteiger partial charge in [0.15, 0.2) is 0 Å². The Bertz CT molecular complexity index is 733. The van der Waals surface area contributed by atoms with Crippen LogP contribution >= 0.6 is 0 Å². The van der Waals surface area contributed by atoms with Crippen LogP contribution in [0.25, 0.3) is 0 Å². The average molecular weight is 326 g/mol. The molecule has 126 valence electrons. The predicted octanol–water partition coefficient (Wildman–Crippen LogP) is 0.956. The van der Waals surface area contributed by atoms with Crippen molar-refractivity contribution < 1.29 is 4.79 Å². The molecule has 0 aromatic carbocycles. The van der Waals surface area contributed by atoms with Crippen molar-refractivity contribution in [3.63, 3.8) is 0 Å². The van der Waals surface area contributed by atoms with E-state index in [9.17, 15) is 4.79 Å². The second-order valence-electron chi connectivity index (χ2n) is 6.12. The third-order valence-electron chi connectivity index (χ3n) is 4.39. The highest BCUT2D eigenvalue weighted by Crippen LogP contribution is 2.24. The lowest BCUT2D eigenvalue weighted by Crippen LogP contribution is -2.33. The van der Waals surface area contributed by atoms with Gasteiger partial charge < -0.3 is 16.0 Å². The first-order valence-electron chi connectivity index (χ1n) is 8.07. The average Bonchev–Trinajstić information content (AvgIpc) is 3.05. The van der Waals surface area contributed by atoms with Crippen molar-refractivity contribution in [1.29, 1.82) is 0 Å². The fraction of sp³-hybridized carbons (Fsp3) is 0.412. The van der Waals surface area contributed by atoms with Gasteiger partial charge in [-0.15, -0.1) is 0 Å². The van der Waals surface area contributed by atoms with Gasteiger partial charge in [-0.3, -0.25) is 9.78 Å². The lowest BCUT2D eigenvalue weighted by atomic mass is 10.2. The first kappa shape index (κ1) is 16.3. The molecule has 1 amide bonds. The number of nitrogens with zero attached hydrogens (tertiary/aromatic N) is 4. The minimum atomic E-state index is -0.593. The van der Waals surface area contributed by atoms with Gasteiger partial charge in [-0.25, -0.2) is 9.97 Å². The molecule has 0 aliphatic carbocycles. The summed E-state index contributed by atoms with van der Waals surface area (Å²) in [5.74, 6) is 0.298. The molecule has 7 nitrogen and oxygen atoms in total. The van der Waals surface area contributed by atoms with E-state index in [2.05, 4.69) is 31.2 Å². The van der Waals surface area contributed by atoms with Gasteiger partial charge in [0.1, 0.15) is 5.82 Å². The third kappa shape index (κ3) is 3.51. The van der Waals surface area contributed by atoms with Crippen LogP contribution in [0.3, 0.4) is 0 Å². The lowest BCUT2D eigenvalue weighted by Gasteiger charge is -2.21. The molecule has 3 heterocycles. The standard InChI is InChI=1S/C17H22N6O/c1-11-12(2)21-16(15(18)24)22-17(11)23-7-5-14(10-23)20-9-13-4-3-6-19-8-13/h3-4,6,8,14,20H,5,7,9-10H2,1-2H3,(H2,18,24)/t14-/m1/s1. The Balaban J connectivity index is 1.68. The Morgan fingerprint density at radius 2 is 2.25 bits per heavy atom. The molecule has 2 aromatic rings. The molecule has 0 bridgehead atoms.